The molecule has 0 spiro atoms. The topological polar surface area (TPSA) is 49.3 Å². The molecule has 0 N–H and O–H groups in total. The number of rotatable bonds is 3. The average Bonchev–Trinajstić information content (AvgIpc) is 2.61. The highest BCUT2D eigenvalue weighted by molar-refractivity contribution is 5.92. The van der Waals surface area contributed by atoms with Crippen molar-refractivity contribution in [2.24, 2.45) is 0 Å². The zero-order valence-corrected chi connectivity index (χ0v) is 13.6. The molecule has 0 aromatic carbocycles. The van der Waals surface area contributed by atoms with Crippen molar-refractivity contribution < 1.29 is 4.79 Å². The Morgan fingerprint density at radius 1 is 1.26 bits per heavy atom. The number of anilines is 1. The Morgan fingerprint density at radius 3 is 2.87 bits per heavy atom. The first-order chi connectivity index (χ1) is 11.1. The van der Waals surface area contributed by atoms with Crippen molar-refractivity contribution >= 4 is 11.7 Å². The number of nitrogens with zero attached hydrogens (tertiary/aromatic N) is 4. The SMILES string of the molecule is Cc1cccc(C(=O)N(C)C2CCCN(c3ccccn3)C2)n1. The molecule has 0 bridgehead atoms. The molecule has 1 unspecified atom stereocenters. The highest BCUT2D eigenvalue weighted by atomic mass is 16.2. The Morgan fingerprint density at radius 2 is 2.13 bits per heavy atom. The van der Waals surface area contributed by atoms with Crippen LogP contribution >= 0.6 is 0 Å². The van der Waals surface area contributed by atoms with Crippen molar-refractivity contribution in [3.8, 4) is 0 Å². The van der Waals surface area contributed by atoms with Gasteiger partial charge in [0.25, 0.3) is 5.91 Å². The Balaban J connectivity index is 1.72. The van der Waals surface area contributed by atoms with Crippen LogP contribution in [0.3, 0.4) is 0 Å². The van der Waals surface area contributed by atoms with E-state index in [-0.39, 0.29) is 11.9 Å². The van der Waals surface area contributed by atoms with Crippen LogP contribution in [0, 0.1) is 6.92 Å². The number of amides is 1. The normalized spacial score (nSPS) is 17.8. The molecule has 5 heteroatoms. The third-order valence-electron chi connectivity index (χ3n) is 4.35. The number of carbonyl (C=O) groups is 1. The molecule has 23 heavy (non-hydrogen) atoms. The molecule has 0 radical (unpaired) electrons. The second kappa shape index (κ2) is 6.77. The van der Waals surface area contributed by atoms with Gasteiger partial charge in [-0.25, -0.2) is 9.97 Å². The molecule has 2 aromatic heterocycles. The standard InChI is InChI=1S/C18H22N4O/c1-14-7-5-9-16(20-14)18(23)21(2)15-8-6-12-22(13-15)17-10-3-4-11-19-17/h3-5,7,9-11,15H,6,8,12-13H2,1-2H3. The molecule has 0 saturated carbocycles. The fourth-order valence-corrected chi connectivity index (χ4v) is 3.03. The Kier molecular flexibility index (Phi) is 4.55. The summed E-state index contributed by atoms with van der Waals surface area (Å²) in [6.45, 7) is 3.70. The second-order valence-electron chi connectivity index (χ2n) is 6.01. The number of likely N-dealkylation sites (N-methyl/N-ethyl adjacent to an activating group) is 1. The van der Waals surface area contributed by atoms with Gasteiger partial charge in [0.1, 0.15) is 11.5 Å². The minimum Gasteiger partial charge on any atom is -0.355 e. The van der Waals surface area contributed by atoms with Crippen LogP contribution in [0.4, 0.5) is 5.82 Å². The van der Waals surface area contributed by atoms with E-state index in [2.05, 4.69) is 14.9 Å². The first kappa shape index (κ1) is 15.5. The molecule has 3 heterocycles. The zero-order valence-electron chi connectivity index (χ0n) is 13.6. The number of carbonyl (C=O) groups excluding carboxylic acids is 1. The molecular weight excluding hydrogens is 288 g/mol. The second-order valence-corrected chi connectivity index (χ2v) is 6.01. The summed E-state index contributed by atoms with van der Waals surface area (Å²) in [5.74, 6) is 0.966. The number of aromatic nitrogens is 2. The summed E-state index contributed by atoms with van der Waals surface area (Å²) in [6.07, 6.45) is 3.88. The van der Waals surface area contributed by atoms with E-state index >= 15 is 0 Å². The summed E-state index contributed by atoms with van der Waals surface area (Å²) in [5, 5.41) is 0. The van der Waals surface area contributed by atoms with Crippen molar-refractivity contribution in [2.75, 3.05) is 25.0 Å². The van der Waals surface area contributed by atoms with Crippen LogP contribution in [0.1, 0.15) is 29.0 Å². The highest BCUT2D eigenvalue weighted by Gasteiger charge is 2.27. The molecule has 1 fully saturated rings. The van der Waals surface area contributed by atoms with Gasteiger partial charge in [-0.05, 0) is 44.0 Å². The number of hydrogen-bond acceptors (Lipinski definition) is 4. The van der Waals surface area contributed by atoms with E-state index < -0.39 is 0 Å². The third kappa shape index (κ3) is 3.50. The van der Waals surface area contributed by atoms with Gasteiger partial charge in [-0.3, -0.25) is 4.79 Å². The number of aryl methyl sites for hydroxylation is 1. The minimum atomic E-state index is -0.0124. The van der Waals surface area contributed by atoms with Gasteiger partial charge in [0.15, 0.2) is 0 Å². The van der Waals surface area contributed by atoms with Gasteiger partial charge < -0.3 is 9.80 Å². The lowest BCUT2D eigenvalue weighted by atomic mass is 10.0. The minimum absolute atomic E-state index is 0.0124. The maximum absolute atomic E-state index is 12.7. The van der Waals surface area contributed by atoms with Crippen molar-refractivity contribution in [3.05, 3.63) is 54.0 Å². The monoisotopic (exact) mass is 310 g/mol. The van der Waals surface area contributed by atoms with Crippen LogP contribution in [0.25, 0.3) is 0 Å². The lowest BCUT2D eigenvalue weighted by Crippen LogP contribution is -2.49. The van der Waals surface area contributed by atoms with Crippen LogP contribution < -0.4 is 4.90 Å². The van der Waals surface area contributed by atoms with E-state index in [1.165, 1.54) is 0 Å². The summed E-state index contributed by atoms with van der Waals surface area (Å²) >= 11 is 0. The highest BCUT2D eigenvalue weighted by Crippen LogP contribution is 2.21. The van der Waals surface area contributed by atoms with E-state index in [1.54, 1.807) is 6.07 Å². The molecule has 120 valence electrons. The van der Waals surface area contributed by atoms with Crippen molar-refractivity contribution in [1.82, 2.24) is 14.9 Å². The van der Waals surface area contributed by atoms with E-state index in [0.717, 1.165) is 37.4 Å². The van der Waals surface area contributed by atoms with Crippen molar-refractivity contribution in [1.29, 1.82) is 0 Å². The van der Waals surface area contributed by atoms with Crippen LogP contribution in [0.15, 0.2) is 42.6 Å². The summed E-state index contributed by atoms with van der Waals surface area (Å²) in [5.41, 5.74) is 1.38. The maximum atomic E-state index is 12.7. The third-order valence-corrected chi connectivity index (χ3v) is 4.35. The van der Waals surface area contributed by atoms with Crippen LogP contribution in [-0.4, -0.2) is 47.0 Å². The van der Waals surface area contributed by atoms with Gasteiger partial charge in [0.05, 0.1) is 0 Å². The Labute approximate surface area is 137 Å². The van der Waals surface area contributed by atoms with Gasteiger partial charge >= 0.3 is 0 Å². The Bertz CT molecular complexity index is 674. The number of piperidine rings is 1. The van der Waals surface area contributed by atoms with Crippen LogP contribution in [-0.2, 0) is 0 Å². The van der Waals surface area contributed by atoms with Crippen LogP contribution in [0.2, 0.25) is 0 Å². The van der Waals surface area contributed by atoms with E-state index in [1.807, 2.05) is 55.4 Å². The van der Waals surface area contributed by atoms with E-state index in [0.29, 0.717) is 5.69 Å². The predicted octanol–water partition coefficient (Wildman–Crippen LogP) is 2.53. The first-order valence-corrected chi connectivity index (χ1v) is 8.02. The molecule has 1 atom stereocenters. The Hall–Kier alpha value is -2.43. The van der Waals surface area contributed by atoms with Gasteiger partial charge in [-0.1, -0.05) is 12.1 Å². The van der Waals surface area contributed by atoms with E-state index in [4.69, 9.17) is 0 Å². The number of hydrogen-bond donors (Lipinski definition) is 0. The summed E-state index contributed by atoms with van der Waals surface area (Å²) in [7, 11) is 1.87. The van der Waals surface area contributed by atoms with Crippen LogP contribution in [0.5, 0.6) is 0 Å². The number of pyridine rings is 2. The fourth-order valence-electron chi connectivity index (χ4n) is 3.03. The molecule has 1 amide bonds. The first-order valence-electron chi connectivity index (χ1n) is 8.02. The zero-order chi connectivity index (χ0) is 16.2. The molecule has 1 aliphatic heterocycles. The predicted molar refractivity (Wildman–Crippen MR) is 90.5 cm³/mol. The summed E-state index contributed by atoms with van der Waals surface area (Å²) in [4.78, 5) is 25.5. The van der Waals surface area contributed by atoms with Gasteiger partial charge in [-0.2, -0.15) is 0 Å². The van der Waals surface area contributed by atoms with Gasteiger partial charge in [-0.15, -0.1) is 0 Å². The maximum Gasteiger partial charge on any atom is 0.272 e. The molecule has 0 aliphatic carbocycles. The van der Waals surface area contributed by atoms with Gasteiger partial charge in [0.2, 0.25) is 0 Å². The largest absolute Gasteiger partial charge is 0.355 e. The lowest BCUT2D eigenvalue weighted by Gasteiger charge is -2.38. The fraction of sp³-hybridized carbons (Fsp3) is 0.389. The molecular formula is C18H22N4O. The molecule has 1 saturated heterocycles. The molecule has 2 aromatic rings. The molecule has 1 aliphatic rings. The molecule has 5 nitrogen and oxygen atoms in total. The van der Waals surface area contributed by atoms with Crippen molar-refractivity contribution in [2.45, 2.75) is 25.8 Å². The summed E-state index contributed by atoms with van der Waals surface area (Å²) < 4.78 is 0. The van der Waals surface area contributed by atoms with Gasteiger partial charge in [0, 0.05) is 38.1 Å². The average molecular weight is 310 g/mol. The van der Waals surface area contributed by atoms with Crippen molar-refractivity contribution in [3.63, 3.8) is 0 Å². The summed E-state index contributed by atoms with van der Waals surface area (Å²) in [6, 6.07) is 11.7. The lowest BCUT2D eigenvalue weighted by molar-refractivity contribution is 0.0711. The quantitative estimate of drug-likeness (QED) is 0.874. The smallest absolute Gasteiger partial charge is 0.272 e. The van der Waals surface area contributed by atoms with E-state index in [9.17, 15) is 4.79 Å². The molecule has 3 rings (SSSR count).